The maximum atomic E-state index is 13.8. The van der Waals surface area contributed by atoms with E-state index >= 15 is 0 Å². The van der Waals surface area contributed by atoms with Gasteiger partial charge in [0.05, 0.1) is 5.56 Å². The Morgan fingerprint density at radius 2 is 1.79 bits per heavy atom. The molecule has 0 unspecified atom stereocenters. The van der Waals surface area contributed by atoms with Gasteiger partial charge in [-0.05, 0) is 68.0 Å². The van der Waals surface area contributed by atoms with Crippen LogP contribution in [0.5, 0.6) is 0 Å². The van der Waals surface area contributed by atoms with E-state index in [0.29, 0.717) is 25.6 Å². The first-order valence-corrected chi connectivity index (χ1v) is 9.60. The van der Waals surface area contributed by atoms with Crippen LogP contribution in [0.3, 0.4) is 0 Å². The molecular formula is C22H26FN3O2. The van der Waals surface area contributed by atoms with Gasteiger partial charge in [-0.2, -0.15) is 0 Å². The first-order chi connectivity index (χ1) is 13.4. The van der Waals surface area contributed by atoms with Crippen molar-refractivity contribution in [3.8, 4) is 0 Å². The van der Waals surface area contributed by atoms with Gasteiger partial charge < -0.3 is 15.5 Å². The standard InChI is InChI=1S/C22H26FN3O2/c1-15-7-8-18(13-16(15)2)25-22(28)24-14-17-9-11-26(12-10-17)21(27)19-5-3-4-6-20(19)23/h3-8,13,17H,9-12,14H2,1-2H3,(H2,24,25,28). The van der Waals surface area contributed by atoms with Crippen LogP contribution >= 0.6 is 0 Å². The van der Waals surface area contributed by atoms with E-state index in [2.05, 4.69) is 10.6 Å². The van der Waals surface area contributed by atoms with E-state index < -0.39 is 5.82 Å². The molecule has 0 atom stereocenters. The Morgan fingerprint density at radius 3 is 2.46 bits per heavy atom. The second-order valence-corrected chi connectivity index (χ2v) is 7.35. The number of hydrogen-bond donors (Lipinski definition) is 2. The summed E-state index contributed by atoms with van der Waals surface area (Å²) in [7, 11) is 0. The molecule has 1 fully saturated rings. The average molecular weight is 383 g/mol. The Morgan fingerprint density at radius 1 is 1.07 bits per heavy atom. The van der Waals surface area contributed by atoms with Crippen LogP contribution in [0, 0.1) is 25.6 Å². The number of anilines is 1. The highest BCUT2D eigenvalue weighted by atomic mass is 19.1. The fourth-order valence-corrected chi connectivity index (χ4v) is 3.38. The Hall–Kier alpha value is -2.89. The monoisotopic (exact) mass is 383 g/mol. The molecule has 0 spiro atoms. The molecule has 0 radical (unpaired) electrons. The van der Waals surface area contributed by atoms with Crippen LogP contribution < -0.4 is 10.6 Å². The number of carbonyl (C=O) groups is 2. The first kappa shape index (κ1) is 19.9. The number of hydrogen-bond acceptors (Lipinski definition) is 2. The van der Waals surface area contributed by atoms with Gasteiger partial charge in [-0.15, -0.1) is 0 Å². The smallest absolute Gasteiger partial charge is 0.319 e. The largest absolute Gasteiger partial charge is 0.339 e. The molecule has 1 aliphatic heterocycles. The summed E-state index contributed by atoms with van der Waals surface area (Å²) in [5.41, 5.74) is 3.20. The maximum Gasteiger partial charge on any atom is 0.319 e. The maximum absolute atomic E-state index is 13.8. The molecule has 2 N–H and O–H groups in total. The minimum absolute atomic E-state index is 0.117. The highest BCUT2D eigenvalue weighted by Crippen LogP contribution is 2.20. The number of amides is 3. The molecular weight excluding hydrogens is 357 g/mol. The number of nitrogens with zero attached hydrogens (tertiary/aromatic N) is 1. The van der Waals surface area contributed by atoms with E-state index in [4.69, 9.17) is 0 Å². The normalized spacial score (nSPS) is 14.6. The van der Waals surface area contributed by atoms with Gasteiger partial charge in [-0.3, -0.25) is 4.79 Å². The molecule has 0 bridgehead atoms. The van der Waals surface area contributed by atoms with Crippen LogP contribution in [0.1, 0.15) is 34.3 Å². The Bertz CT molecular complexity index is 861. The zero-order valence-electron chi connectivity index (χ0n) is 16.3. The summed E-state index contributed by atoms with van der Waals surface area (Å²) in [6, 6.07) is 11.6. The number of benzene rings is 2. The van der Waals surface area contributed by atoms with Gasteiger partial charge in [0.1, 0.15) is 5.82 Å². The minimum atomic E-state index is -0.487. The lowest BCUT2D eigenvalue weighted by atomic mass is 9.96. The van der Waals surface area contributed by atoms with Crippen molar-refractivity contribution in [3.05, 3.63) is 65.0 Å². The van der Waals surface area contributed by atoms with Crippen molar-refractivity contribution in [2.75, 3.05) is 25.0 Å². The fourth-order valence-electron chi connectivity index (χ4n) is 3.38. The van der Waals surface area contributed by atoms with E-state index in [0.717, 1.165) is 24.1 Å². The zero-order valence-corrected chi connectivity index (χ0v) is 16.3. The van der Waals surface area contributed by atoms with Crippen molar-refractivity contribution in [2.45, 2.75) is 26.7 Å². The van der Waals surface area contributed by atoms with Crippen molar-refractivity contribution >= 4 is 17.6 Å². The molecule has 3 amide bonds. The summed E-state index contributed by atoms with van der Waals surface area (Å²) < 4.78 is 13.8. The third kappa shape index (κ3) is 4.88. The lowest BCUT2D eigenvalue weighted by Crippen LogP contribution is -2.42. The molecule has 2 aromatic rings. The number of halogens is 1. The molecule has 6 heteroatoms. The van der Waals surface area contributed by atoms with Crippen LogP contribution in [0.15, 0.2) is 42.5 Å². The molecule has 0 saturated carbocycles. The van der Waals surface area contributed by atoms with Crippen molar-refractivity contribution in [2.24, 2.45) is 5.92 Å². The molecule has 1 heterocycles. The number of carbonyl (C=O) groups excluding carboxylic acids is 2. The molecule has 1 aliphatic rings. The van der Waals surface area contributed by atoms with E-state index in [1.54, 1.807) is 17.0 Å². The van der Waals surface area contributed by atoms with Gasteiger partial charge in [0.15, 0.2) is 0 Å². The first-order valence-electron chi connectivity index (χ1n) is 9.60. The molecule has 28 heavy (non-hydrogen) atoms. The number of nitrogens with one attached hydrogen (secondary N) is 2. The lowest BCUT2D eigenvalue weighted by Gasteiger charge is -2.32. The van der Waals surface area contributed by atoms with Gasteiger partial charge in [-0.25, -0.2) is 9.18 Å². The SMILES string of the molecule is Cc1ccc(NC(=O)NCC2CCN(C(=O)c3ccccc3F)CC2)cc1C. The van der Waals surface area contributed by atoms with E-state index in [-0.39, 0.29) is 17.5 Å². The minimum Gasteiger partial charge on any atom is -0.339 e. The average Bonchev–Trinajstić information content (AvgIpc) is 2.69. The zero-order chi connectivity index (χ0) is 20.1. The van der Waals surface area contributed by atoms with Crippen LogP contribution in [-0.2, 0) is 0 Å². The number of rotatable bonds is 4. The van der Waals surface area contributed by atoms with Crippen LogP contribution in [0.2, 0.25) is 0 Å². The fraction of sp³-hybridized carbons (Fsp3) is 0.364. The summed E-state index contributed by atoms with van der Waals surface area (Å²) in [6.07, 6.45) is 1.56. The number of aryl methyl sites for hydroxylation is 2. The molecule has 148 valence electrons. The Balaban J connectivity index is 1.44. The van der Waals surface area contributed by atoms with Gasteiger partial charge >= 0.3 is 6.03 Å². The summed E-state index contributed by atoms with van der Waals surface area (Å²) in [5, 5.41) is 5.75. The van der Waals surface area contributed by atoms with Crippen molar-refractivity contribution < 1.29 is 14.0 Å². The van der Waals surface area contributed by atoms with Crippen molar-refractivity contribution in [1.29, 1.82) is 0 Å². The third-order valence-corrected chi connectivity index (χ3v) is 5.32. The van der Waals surface area contributed by atoms with Crippen molar-refractivity contribution in [1.82, 2.24) is 10.2 Å². The molecule has 2 aromatic carbocycles. The number of piperidine rings is 1. The predicted octanol–water partition coefficient (Wildman–Crippen LogP) is 4.12. The van der Waals surface area contributed by atoms with Gasteiger partial charge in [0.25, 0.3) is 5.91 Å². The lowest BCUT2D eigenvalue weighted by molar-refractivity contribution is 0.0686. The van der Waals surface area contributed by atoms with Crippen LogP contribution in [0.25, 0.3) is 0 Å². The highest BCUT2D eigenvalue weighted by Gasteiger charge is 2.25. The topological polar surface area (TPSA) is 61.4 Å². The second kappa shape index (κ2) is 8.87. The Labute approximate surface area is 164 Å². The summed E-state index contributed by atoms with van der Waals surface area (Å²) in [5.74, 6) is -0.452. The van der Waals surface area contributed by atoms with E-state index in [1.165, 1.54) is 17.7 Å². The van der Waals surface area contributed by atoms with Gasteiger partial charge in [-0.1, -0.05) is 18.2 Å². The molecule has 1 saturated heterocycles. The third-order valence-electron chi connectivity index (χ3n) is 5.32. The van der Waals surface area contributed by atoms with Crippen molar-refractivity contribution in [3.63, 3.8) is 0 Å². The second-order valence-electron chi connectivity index (χ2n) is 7.35. The number of likely N-dealkylation sites (tertiary alicyclic amines) is 1. The molecule has 0 aromatic heterocycles. The Kier molecular flexibility index (Phi) is 6.29. The molecule has 0 aliphatic carbocycles. The molecule has 3 rings (SSSR count). The summed E-state index contributed by atoms with van der Waals surface area (Å²) in [4.78, 5) is 26.3. The van der Waals surface area contributed by atoms with Crippen LogP contribution in [-0.4, -0.2) is 36.5 Å². The highest BCUT2D eigenvalue weighted by molar-refractivity contribution is 5.94. The number of urea groups is 1. The van der Waals surface area contributed by atoms with Gasteiger partial charge in [0.2, 0.25) is 0 Å². The van der Waals surface area contributed by atoms with Crippen LogP contribution in [0.4, 0.5) is 14.9 Å². The molecule has 5 nitrogen and oxygen atoms in total. The summed E-state index contributed by atoms with van der Waals surface area (Å²) in [6.45, 7) is 5.73. The summed E-state index contributed by atoms with van der Waals surface area (Å²) >= 11 is 0. The van der Waals surface area contributed by atoms with E-state index in [1.807, 2.05) is 32.0 Å². The predicted molar refractivity (Wildman–Crippen MR) is 108 cm³/mol. The van der Waals surface area contributed by atoms with E-state index in [9.17, 15) is 14.0 Å². The van der Waals surface area contributed by atoms with Gasteiger partial charge in [0, 0.05) is 25.3 Å². The quantitative estimate of drug-likeness (QED) is 0.834.